The molecule has 0 aliphatic heterocycles. The molecule has 0 radical (unpaired) electrons. The van der Waals surface area contributed by atoms with Crippen molar-refractivity contribution in [1.82, 2.24) is 0 Å². The van der Waals surface area contributed by atoms with Gasteiger partial charge in [0, 0.05) is 5.41 Å². The fraction of sp³-hybridized carbons (Fsp3) is 0.900. The minimum atomic E-state index is -0.193. The molecule has 0 aliphatic rings. The molecule has 0 saturated heterocycles. The van der Waals surface area contributed by atoms with E-state index in [-0.39, 0.29) is 16.6 Å². The average molecular weight is 156 g/mol. The smallest absolute Gasteiger partial charge is 0.135 e. The topological polar surface area (TPSA) is 17.1 Å². The molecule has 0 amide bonds. The van der Waals surface area contributed by atoms with Crippen molar-refractivity contribution in [2.45, 2.75) is 48.0 Å². The summed E-state index contributed by atoms with van der Waals surface area (Å²) in [4.78, 5) is 11.3. The summed E-state index contributed by atoms with van der Waals surface area (Å²) in [6.07, 6.45) is 1.04. The number of carbonyl (C=O) groups is 1. The Labute approximate surface area is 70.2 Å². The van der Waals surface area contributed by atoms with Gasteiger partial charge in [-0.2, -0.15) is 0 Å². The molecule has 0 atom stereocenters. The van der Waals surface area contributed by atoms with E-state index in [9.17, 15) is 4.79 Å². The van der Waals surface area contributed by atoms with Gasteiger partial charge in [0.2, 0.25) is 0 Å². The van der Waals surface area contributed by atoms with E-state index in [0.29, 0.717) is 0 Å². The van der Waals surface area contributed by atoms with Crippen molar-refractivity contribution in [2.75, 3.05) is 0 Å². The number of hydrogen-bond acceptors (Lipinski definition) is 1. The lowest BCUT2D eigenvalue weighted by Gasteiger charge is -2.39. The van der Waals surface area contributed by atoms with E-state index in [1.165, 1.54) is 0 Å². The van der Waals surface area contributed by atoms with Crippen LogP contribution in [0.15, 0.2) is 0 Å². The first-order valence-corrected chi connectivity index (χ1v) is 4.26. The Morgan fingerprint density at radius 3 is 1.64 bits per heavy atom. The number of ketones is 1. The van der Waals surface area contributed by atoms with Crippen LogP contribution in [0.4, 0.5) is 0 Å². The zero-order chi connectivity index (χ0) is 9.28. The van der Waals surface area contributed by atoms with Gasteiger partial charge < -0.3 is 0 Å². The predicted molar refractivity (Wildman–Crippen MR) is 48.5 cm³/mol. The maximum absolute atomic E-state index is 11.3. The Bertz CT molecular complexity index is 154. The summed E-state index contributed by atoms with van der Waals surface area (Å²) in [6.45, 7) is 12.2. The summed E-state index contributed by atoms with van der Waals surface area (Å²) in [6, 6.07) is 0. The van der Waals surface area contributed by atoms with Crippen molar-refractivity contribution in [3.63, 3.8) is 0 Å². The quantitative estimate of drug-likeness (QED) is 0.614. The molecule has 0 aromatic carbocycles. The number of carbonyl (C=O) groups excluding carboxylic acids is 1. The standard InChI is InChI=1S/C10H20O/c1-7-9(3,4)10(5,6)8(2)11/h7H2,1-6H3. The van der Waals surface area contributed by atoms with E-state index in [4.69, 9.17) is 0 Å². The lowest BCUT2D eigenvalue weighted by atomic mass is 9.64. The molecule has 0 heterocycles. The molecule has 0 aromatic rings. The molecule has 0 unspecified atom stereocenters. The molecule has 0 saturated carbocycles. The fourth-order valence-corrected chi connectivity index (χ4v) is 0.918. The van der Waals surface area contributed by atoms with Crippen LogP contribution in [0.3, 0.4) is 0 Å². The van der Waals surface area contributed by atoms with E-state index in [1.807, 2.05) is 13.8 Å². The zero-order valence-corrected chi connectivity index (χ0v) is 8.62. The summed E-state index contributed by atoms with van der Waals surface area (Å²) in [5.74, 6) is 0.282. The van der Waals surface area contributed by atoms with E-state index in [2.05, 4.69) is 20.8 Å². The number of Topliss-reactive ketones (excluding diaryl/α,β-unsaturated/α-hetero) is 1. The van der Waals surface area contributed by atoms with Gasteiger partial charge >= 0.3 is 0 Å². The fourth-order valence-electron chi connectivity index (χ4n) is 0.918. The number of rotatable bonds is 3. The van der Waals surface area contributed by atoms with Gasteiger partial charge in [-0.15, -0.1) is 0 Å². The van der Waals surface area contributed by atoms with Crippen molar-refractivity contribution in [2.24, 2.45) is 10.8 Å². The lowest BCUT2D eigenvalue weighted by molar-refractivity contribution is -0.130. The average Bonchev–Trinajstić information content (AvgIpc) is 1.87. The first-order valence-electron chi connectivity index (χ1n) is 4.26. The molecule has 1 nitrogen and oxygen atoms in total. The summed E-state index contributed by atoms with van der Waals surface area (Å²) < 4.78 is 0. The summed E-state index contributed by atoms with van der Waals surface area (Å²) in [5, 5.41) is 0. The van der Waals surface area contributed by atoms with Crippen LogP contribution in [-0.2, 0) is 4.79 Å². The second kappa shape index (κ2) is 2.96. The van der Waals surface area contributed by atoms with Crippen LogP contribution >= 0.6 is 0 Å². The molecule has 0 fully saturated rings. The van der Waals surface area contributed by atoms with Gasteiger partial charge in [0.25, 0.3) is 0 Å². The van der Waals surface area contributed by atoms with E-state index < -0.39 is 0 Å². The van der Waals surface area contributed by atoms with Crippen LogP contribution in [0.25, 0.3) is 0 Å². The predicted octanol–water partition coefficient (Wildman–Crippen LogP) is 3.04. The molecule has 11 heavy (non-hydrogen) atoms. The molecule has 1 heteroatoms. The molecular weight excluding hydrogens is 136 g/mol. The van der Waals surface area contributed by atoms with Gasteiger partial charge in [0.1, 0.15) is 5.78 Å². The maximum atomic E-state index is 11.3. The Kier molecular flexibility index (Phi) is 2.87. The van der Waals surface area contributed by atoms with Gasteiger partial charge in [-0.25, -0.2) is 0 Å². The minimum absolute atomic E-state index is 0.110. The second-order valence-electron chi connectivity index (χ2n) is 4.42. The Balaban J connectivity index is 4.67. The molecule has 66 valence electrons. The van der Waals surface area contributed by atoms with E-state index in [1.54, 1.807) is 6.92 Å². The third-order valence-corrected chi connectivity index (χ3v) is 3.46. The van der Waals surface area contributed by atoms with Crippen LogP contribution in [0.2, 0.25) is 0 Å². The molecule has 0 spiro atoms. The van der Waals surface area contributed by atoms with Crippen LogP contribution in [0.1, 0.15) is 48.0 Å². The summed E-state index contributed by atoms with van der Waals surface area (Å²) in [7, 11) is 0. The van der Waals surface area contributed by atoms with E-state index >= 15 is 0 Å². The van der Waals surface area contributed by atoms with E-state index in [0.717, 1.165) is 6.42 Å². The molecule has 0 aliphatic carbocycles. The van der Waals surface area contributed by atoms with Gasteiger partial charge in [-0.1, -0.05) is 41.0 Å². The first-order chi connectivity index (χ1) is 4.75. The lowest BCUT2D eigenvalue weighted by Crippen LogP contribution is -2.37. The molecule has 0 bridgehead atoms. The molecule has 0 aromatic heterocycles. The highest BCUT2D eigenvalue weighted by molar-refractivity contribution is 5.82. The second-order valence-corrected chi connectivity index (χ2v) is 4.42. The Morgan fingerprint density at radius 2 is 1.55 bits per heavy atom. The van der Waals surface area contributed by atoms with Crippen molar-refractivity contribution in [1.29, 1.82) is 0 Å². The molecular formula is C10H20O. The van der Waals surface area contributed by atoms with Crippen LogP contribution in [0.5, 0.6) is 0 Å². The maximum Gasteiger partial charge on any atom is 0.135 e. The van der Waals surface area contributed by atoms with Crippen molar-refractivity contribution in [3.8, 4) is 0 Å². The highest BCUT2D eigenvalue weighted by atomic mass is 16.1. The van der Waals surface area contributed by atoms with Gasteiger partial charge in [0.15, 0.2) is 0 Å². The van der Waals surface area contributed by atoms with Crippen molar-refractivity contribution in [3.05, 3.63) is 0 Å². The third kappa shape index (κ3) is 1.82. The van der Waals surface area contributed by atoms with Crippen LogP contribution in [-0.4, -0.2) is 5.78 Å². The zero-order valence-electron chi connectivity index (χ0n) is 8.62. The highest BCUT2D eigenvalue weighted by Gasteiger charge is 2.38. The van der Waals surface area contributed by atoms with Gasteiger partial charge in [0.05, 0.1) is 0 Å². The Morgan fingerprint density at radius 1 is 1.18 bits per heavy atom. The normalized spacial score (nSPS) is 13.3. The van der Waals surface area contributed by atoms with Gasteiger partial charge in [-0.3, -0.25) is 4.79 Å². The SMILES string of the molecule is CCC(C)(C)C(C)(C)C(C)=O. The van der Waals surface area contributed by atoms with Crippen LogP contribution in [0, 0.1) is 10.8 Å². The van der Waals surface area contributed by atoms with Crippen LogP contribution < -0.4 is 0 Å². The first kappa shape index (κ1) is 10.7. The largest absolute Gasteiger partial charge is 0.299 e. The minimum Gasteiger partial charge on any atom is -0.299 e. The highest BCUT2D eigenvalue weighted by Crippen LogP contribution is 2.41. The van der Waals surface area contributed by atoms with Crippen molar-refractivity contribution >= 4 is 5.78 Å². The molecule has 0 N–H and O–H groups in total. The van der Waals surface area contributed by atoms with Gasteiger partial charge in [-0.05, 0) is 12.3 Å². The summed E-state index contributed by atoms with van der Waals surface area (Å²) >= 11 is 0. The van der Waals surface area contributed by atoms with Crippen molar-refractivity contribution < 1.29 is 4.79 Å². The monoisotopic (exact) mass is 156 g/mol. The summed E-state index contributed by atoms with van der Waals surface area (Å²) in [5.41, 5.74) is -0.0828. The molecule has 0 rings (SSSR count). The Hall–Kier alpha value is -0.330. The number of hydrogen-bond donors (Lipinski definition) is 0. The third-order valence-electron chi connectivity index (χ3n) is 3.46.